The van der Waals surface area contributed by atoms with E-state index >= 15 is 0 Å². The molecule has 2 aromatic carbocycles. The normalized spacial score (nSPS) is 16.8. The van der Waals surface area contributed by atoms with Crippen molar-refractivity contribution < 1.29 is 26.0 Å². The molecule has 194 valence electrons. The summed E-state index contributed by atoms with van der Waals surface area (Å²) in [7, 11) is -7.76. The van der Waals surface area contributed by atoms with E-state index in [1.54, 1.807) is 36.6 Å². The molecule has 4 rings (SSSR count). The molecule has 0 aliphatic carbocycles. The summed E-state index contributed by atoms with van der Waals surface area (Å²) in [4.78, 5) is 4.39. The van der Waals surface area contributed by atoms with Crippen LogP contribution >= 0.6 is 0 Å². The molecular formula is C25H30FN3O5S2. The number of aromatic nitrogens is 2. The van der Waals surface area contributed by atoms with Gasteiger partial charge in [0.05, 0.1) is 41.7 Å². The number of sulfone groups is 1. The van der Waals surface area contributed by atoms with E-state index in [2.05, 4.69) is 4.98 Å². The van der Waals surface area contributed by atoms with Gasteiger partial charge in [0.15, 0.2) is 0 Å². The van der Waals surface area contributed by atoms with Gasteiger partial charge in [-0.2, -0.15) is 4.31 Å². The van der Waals surface area contributed by atoms with Crippen molar-refractivity contribution in [3.63, 3.8) is 0 Å². The molecule has 1 atom stereocenters. The minimum Gasteiger partial charge on any atom is -0.376 e. The van der Waals surface area contributed by atoms with Gasteiger partial charge in [0, 0.05) is 12.6 Å². The van der Waals surface area contributed by atoms with Gasteiger partial charge in [-0.15, -0.1) is 0 Å². The molecule has 8 nitrogen and oxygen atoms in total. The number of sulfonamides is 1. The lowest BCUT2D eigenvalue weighted by Crippen LogP contribution is -2.37. The first kappa shape index (κ1) is 26.5. The minimum atomic E-state index is -3.92. The van der Waals surface area contributed by atoms with Gasteiger partial charge in [-0.05, 0) is 56.5 Å². The molecule has 1 aromatic heterocycles. The molecule has 1 aliphatic heterocycles. The molecule has 3 aromatic rings. The second kappa shape index (κ2) is 10.8. The molecule has 36 heavy (non-hydrogen) atoms. The van der Waals surface area contributed by atoms with Crippen LogP contribution in [-0.2, 0) is 43.4 Å². The van der Waals surface area contributed by atoms with E-state index in [0.29, 0.717) is 17.9 Å². The van der Waals surface area contributed by atoms with Crippen molar-refractivity contribution in [1.82, 2.24) is 13.9 Å². The third-order valence-corrected chi connectivity index (χ3v) is 9.74. The van der Waals surface area contributed by atoms with Gasteiger partial charge in [-0.25, -0.2) is 26.2 Å². The fraction of sp³-hybridized carbons (Fsp3) is 0.400. The molecule has 0 spiro atoms. The molecule has 0 bridgehead atoms. The van der Waals surface area contributed by atoms with Crippen LogP contribution in [0.4, 0.5) is 4.39 Å². The first-order chi connectivity index (χ1) is 17.1. The third kappa shape index (κ3) is 5.86. The number of nitrogens with zero attached hydrogens (tertiary/aromatic N) is 3. The molecule has 0 radical (unpaired) electrons. The minimum absolute atomic E-state index is 0.0549. The van der Waals surface area contributed by atoms with Crippen LogP contribution in [0, 0.1) is 5.82 Å². The van der Waals surface area contributed by atoms with Crippen LogP contribution in [0.3, 0.4) is 0 Å². The summed E-state index contributed by atoms with van der Waals surface area (Å²) in [5, 5.41) is -0.154. The van der Waals surface area contributed by atoms with Crippen molar-refractivity contribution in [3.05, 3.63) is 77.9 Å². The first-order valence-corrected chi connectivity index (χ1v) is 14.9. The topological polar surface area (TPSA) is 98.6 Å². The number of rotatable bonds is 10. The predicted octanol–water partition coefficient (Wildman–Crippen LogP) is 3.77. The number of hydrogen-bond donors (Lipinski definition) is 0. The average molecular weight is 536 g/mol. The van der Waals surface area contributed by atoms with Gasteiger partial charge in [-0.3, -0.25) is 0 Å². The summed E-state index contributed by atoms with van der Waals surface area (Å²) in [6.45, 7) is 4.32. The van der Waals surface area contributed by atoms with Crippen LogP contribution in [0.5, 0.6) is 0 Å². The predicted molar refractivity (Wildman–Crippen MR) is 133 cm³/mol. The Hall–Kier alpha value is -2.60. The Morgan fingerprint density at radius 3 is 2.39 bits per heavy atom. The van der Waals surface area contributed by atoms with Gasteiger partial charge in [0.1, 0.15) is 5.82 Å². The molecule has 0 saturated carbocycles. The largest absolute Gasteiger partial charge is 0.376 e. The van der Waals surface area contributed by atoms with E-state index in [0.717, 1.165) is 12.8 Å². The Kier molecular flexibility index (Phi) is 7.93. The fourth-order valence-electron chi connectivity index (χ4n) is 4.25. The molecule has 1 unspecified atom stereocenters. The number of ether oxygens (including phenoxy) is 1. The molecule has 1 saturated heterocycles. The molecule has 0 amide bonds. The Morgan fingerprint density at radius 1 is 1.08 bits per heavy atom. The zero-order valence-electron chi connectivity index (χ0n) is 20.2. The van der Waals surface area contributed by atoms with Crippen LogP contribution in [0.1, 0.15) is 37.9 Å². The van der Waals surface area contributed by atoms with Crippen molar-refractivity contribution in [3.8, 4) is 0 Å². The Morgan fingerprint density at radius 2 is 1.78 bits per heavy atom. The maximum Gasteiger partial charge on any atom is 0.243 e. The van der Waals surface area contributed by atoms with E-state index in [1.165, 1.54) is 46.9 Å². The monoisotopic (exact) mass is 535 g/mol. The van der Waals surface area contributed by atoms with Crippen molar-refractivity contribution in [2.24, 2.45) is 0 Å². The smallest absolute Gasteiger partial charge is 0.243 e. The summed E-state index contributed by atoms with van der Waals surface area (Å²) in [5.74, 6) is -0.808. The number of benzene rings is 2. The molecule has 1 aliphatic rings. The average Bonchev–Trinajstić information content (AvgIpc) is 3.50. The maximum atomic E-state index is 13.4. The van der Waals surface area contributed by atoms with Crippen LogP contribution in [0.2, 0.25) is 0 Å². The highest BCUT2D eigenvalue weighted by Gasteiger charge is 2.32. The summed E-state index contributed by atoms with van der Waals surface area (Å²) >= 11 is 0. The summed E-state index contributed by atoms with van der Waals surface area (Å²) in [6.07, 6.45) is 2.86. The van der Waals surface area contributed by atoms with Crippen LogP contribution in [0.15, 0.2) is 70.8 Å². The number of hydrogen-bond acceptors (Lipinski definition) is 6. The second-order valence-electron chi connectivity index (χ2n) is 9.12. The first-order valence-electron chi connectivity index (χ1n) is 11.8. The molecule has 1 fully saturated rings. The Bertz CT molecular complexity index is 1380. The molecular weight excluding hydrogens is 505 g/mol. The van der Waals surface area contributed by atoms with E-state index in [4.69, 9.17) is 4.74 Å². The highest BCUT2D eigenvalue weighted by Crippen LogP contribution is 2.25. The maximum absolute atomic E-state index is 13.4. The van der Waals surface area contributed by atoms with Crippen molar-refractivity contribution in [1.29, 1.82) is 0 Å². The lowest BCUT2D eigenvalue weighted by Gasteiger charge is -2.27. The van der Waals surface area contributed by atoms with Gasteiger partial charge >= 0.3 is 0 Å². The van der Waals surface area contributed by atoms with Crippen molar-refractivity contribution in [2.75, 3.05) is 6.61 Å². The second-order valence-corrected chi connectivity index (χ2v) is 12.9. The van der Waals surface area contributed by atoms with Crippen molar-refractivity contribution >= 4 is 19.9 Å². The van der Waals surface area contributed by atoms with E-state index < -0.39 is 25.7 Å². The lowest BCUT2D eigenvalue weighted by atomic mass is 10.2. The number of imidazole rings is 1. The van der Waals surface area contributed by atoms with E-state index in [9.17, 15) is 21.2 Å². The fourth-order valence-corrected chi connectivity index (χ4v) is 7.38. The van der Waals surface area contributed by atoms with Gasteiger partial charge in [-0.1, -0.05) is 30.3 Å². The SMILES string of the molecule is CC(C)N(Cc1cnc(S(=O)(=O)Cc2ccc(F)cc2)n1CC1CCCO1)S(=O)(=O)c1ccccc1. The van der Waals surface area contributed by atoms with Crippen LogP contribution in [0.25, 0.3) is 0 Å². The third-order valence-electron chi connectivity index (χ3n) is 6.10. The van der Waals surface area contributed by atoms with E-state index in [-0.39, 0.29) is 41.0 Å². The van der Waals surface area contributed by atoms with Crippen LogP contribution < -0.4 is 0 Å². The van der Waals surface area contributed by atoms with E-state index in [1.807, 2.05) is 0 Å². The summed E-state index contributed by atoms with van der Waals surface area (Å²) in [5.41, 5.74) is 0.886. The van der Waals surface area contributed by atoms with Gasteiger partial charge in [0.2, 0.25) is 25.0 Å². The van der Waals surface area contributed by atoms with Gasteiger partial charge < -0.3 is 9.30 Å². The zero-order chi connectivity index (χ0) is 25.9. The standard InChI is InChI=1S/C25H30FN3O5S2/c1-19(2)29(36(32,33)24-8-4-3-5-9-24)16-22-15-27-25(28(22)17-23-7-6-14-34-23)35(30,31)18-20-10-12-21(26)13-11-20/h3-5,8-13,15,19,23H,6-7,14,16-18H2,1-2H3. The Balaban J connectivity index is 1.71. The quantitative estimate of drug-likeness (QED) is 0.392. The molecule has 0 N–H and O–H groups in total. The van der Waals surface area contributed by atoms with Crippen molar-refractivity contribution in [2.45, 2.75) is 67.7 Å². The highest BCUT2D eigenvalue weighted by atomic mass is 32.2. The summed E-state index contributed by atoms with van der Waals surface area (Å²) in [6, 6.07) is 13.0. The summed E-state index contributed by atoms with van der Waals surface area (Å²) < 4.78 is 75.6. The van der Waals surface area contributed by atoms with Crippen LogP contribution in [-0.4, -0.2) is 49.4 Å². The molecule has 11 heteroatoms. The zero-order valence-corrected chi connectivity index (χ0v) is 21.9. The Labute approximate surface area is 211 Å². The molecule has 2 heterocycles. The highest BCUT2D eigenvalue weighted by molar-refractivity contribution is 7.90. The number of halogens is 1. The van der Waals surface area contributed by atoms with Gasteiger partial charge in [0.25, 0.3) is 0 Å². The lowest BCUT2D eigenvalue weighted by molar-refractivity contribution is 0.0936.